The van der Waals surface area contributed by atoms with Crippen LogP contribution < -0.4 is 0 Å². The van der Waals surface area contributed by atoms with Gasteiger partial charge in [-0.05, 0) is 164 Å². The number of nitrogens with zero attached hydrogens (tertiary/aromatic N) is 5. The maximum absolute atomic E-state index is 10.9. The van der Waals surface area contributed by atoms with E-state index in [-0.39, 0.29) is 177 Å². The van der Waals surface area contributed by atoms with Crippen molar-refractivity contribution in [1.82, 2.24) is 24.5 Å². The van der Waals surface area contributed by atoms with Crippen molar-refractivity contribution in [2.75, 3.05) is 86.7 Å². The van der Waals surface area contributed by atoms with E-state index in [1.165, 1.54) is 109 Å². The second-order valence-corrected chi connectivity index (χ2v) is 25.5. The average molecular weight is 1490 g/mol. The van der Waals surface area contributed by atoms with Crippen LogP contribution in [-0.2, 0) is 95.4 Å². The summed E-state index contributed by atoms with van der Waals surface area (Å²) in [6.45, 7) is 10.4. The molecule has 4 unspecified atom stereocenters. The number of esters is 2. The SMILES string of the molecule is C.C.C.C.C.C.C.C.C.C.C1C2CC3CC1CC(C2)C3.C1CC2C3CCC(C3)C2C1.C1CCC2CCCCC2C1.CCOC(=O)CN1C(=O)C=CC1=O.CCOC(=O)CN1C(=O)C=CC1=O.CCOCOCN1C(=O)C=CC1=O.CCOCOCN1C(=O)C=CC1=O.CCOCOCN1C(=O)C=CC1=O. The van der Waals surface area contributed by atoms with Gasteiger partial charge in [0.1, 0.15) is 53.7 Å². The van der Waals surface area contributed by atoms with Crippen molar-refractivity contribution in [1.29, 1.82) is 0 Å². The summed E-state index contributed by atoms with van der Waals surface area (Å²) >= 11 is 0. The summed E-state index contributed by atoms with van der Waals surface area (Å²) < 4.78 is 38.6. The summed E-state index contributed by atoms with van der Waals surface area (Å²) in [6.07, 6.45) is 43.3. The third-order valence-corrected chi connectivity index (χ3v) is 19.3. The molecule has 10 amide bonds. The van der Waals surface area contributed by atoms with E-state index < -0.39 is 35.6 Å². The summed E-state index contributed by atoms with van der Waals surface area (Å²) in [4.78, 5) is 136. The molecule has 14 rings (SSSR count). The number of hydrogen-bond acceptors (Lipinski definition) is 20. The van der Waals surface area contributed by atoms with Crippen molar-refractivity contribution in [2.24, 2.45) is 59.2 Å². The Kier molecular flexibility index (Phi) is 58.2. The van der Waals surface area contributed by atoms with Gasteiger partial charge in [-0.15, -0.1) is 0 Å². The Bertz CT molecular complexity index is 2420. The topological polar surface area (TPSA) is 295 Å². The lowest BCUT2D eigenvalue weighted by molar-refractivity contribution is -0.151. The number of carbonyl (C=O) groups is 12. The highest BCUT2D eigenvalue weighted by molar-refractivity contribution is 6.16. The highest BCUT2D eigenvalue weighted by Crippen LogP contribution is 2.58. The van der Waals surface area contributed by atoms with Crippen LogP contribution in [0.3, 0.4) is 0 Å². The van der Waals surface area contributed by atoms with E-state index in [1.807, 2.05) is 20.8 Å². The van der Waals surface area contributed by atoms with Crippen molar-refractivity contribution in [3.8, 4) is 0 Å². The summed E-state index contributed by atoms with van der Waals surface area (Å²) in [7, 11) is 0. The number of fused-ring (bicyclic) bond motifs is 6. The Labute approximate surface area is 632 Å². The van der Waals surface area contributed by atoms with Gasteiger partial charge in [-0.2, -0.15) is 0 Å². The molecular formula is C80H141N5O20. The summed E-state index contributed by atoms with van der Waals surface area (Å²) in [5, 5.41) is 0. The molecule has 0 aromatic heterocycles. The molecule has 14 aliphatic rings. The predicted octanol–water partition coefficient (Wildman–Crippen LogP) is 14.0. The zero-order valence-electron chi connectivity index (χ0n) is 56.3. The van der Waals surface area contributed by atoms with E-state index in [9.17, 15) is 57.5 Å². The van der Waals surface area contributed by atoms with Crippen LogP contribution in [0.4, 0.5) is 0 Å². The second-order valence-electron chi connectivity index (χ2n) is 25.5. The molecule has 105 heavy (non-hydrogen) atoms. The standard InChI is InChI=1S/2C10H16.C10H18.3C8H11NO4.2C8H9NO4.10CH4/c1-7-2-9-4-8(1)5-10(3-7)6-9;1-2-9-7-4-5-8(6-7)10(9)3-1;1-2-6-10-8-4-3-7-9(10)5-1;3*1-2-12-6-13-5-9-7(10)3-4-8(9)11;2*1-2-13-8(12)5-9-6(10)3-4-7(9)11;;;;;;;;;;/h2*7-10H,1-6H2;9-10H,1-8H2;3*3-4H,2,5-6H2,1H3;2*3-4H,2,5H2,1H3;10*1H4. The van der Waals surface area contributed by atoms with Crippen molar-refractivity contribution in [3.05, 3.63) is 60.8 Å². The fourth-order valence-corrected chi connectivity index (χ4v) is 15.2. The van der Waals surface area contributed by atoms with Crippen LogP contribution in [0, 0.1) is 59.2 Å². The second kappa shape index (κ2) is 57.3. The largest absolute Gasteiger partial charge is 0.465 e. The molecule has 9 aliphatic carbocycles. The summed E-state index contributed by atoms with van der Waals surface area (Å²) in [5.41, 5.74) is 0. The van der Waals surface area contributed by atoms with Gasteiger partial charge in [0, 0.05) is 80.6 Å². The average Bonchev–Trinajstić information content (AvgIpc) is 1.67. The van der Waals surface area contributed by atoms with E-state index in [0.717, 1.165) is 60.6 Å². The van der Waals surface area contributed by atoms with Crippen LogP contribution in [-0.4, -0.2) is 182 Å². The molecule has 0 saturated heterocycles. The van der Waals surface area contributed by atoms with Crippen LogP contribution >= 0.6 is 0 Å². The van der Waals surface area contributed by atoms with E-state index in [1.54, 1.807) is 117 Å². The van der Waals surface area contributed by atoms with Gasteiger partial charge >= 0.3 is 11.9 Å². The molecule has 0 radical (unpaired) electrons. The molecule has 606 valence electrons. The van der Waals surface area contributed by atoms with Crippen LogP contribution in [0.25, 0.3) is 0 Å². The van der Waals surface area contributed by atoms with E-state index >= 15 is 0 Å². The molecule has 4 atom stereocenters. The molecule has 6 bridgehead atoms. The van der Waals surface area contributed by atoms with Gasteiger partial charge in [0.2, 0.25) is 0 Å². The maximum Gasteiger partial charge on any atom is 0.326 e. The number of imide groups is 5. The molecule has 5 heterocycles. The van der Waals surface area contributed by atoms with Crippen LogP contribution in [0.1, 0.15) is 237 Å². The van der Waals surface area contributed by atoms with Crippen LogP contribution in [0.5, 0.6) is 0 Å². The Morgan fingerprint density at radius 3 is 0.733 bits per heavy atom. The zero-order valence-corrected chi connectivity index (χ0v) is 56.3. The highest BCUT2D eigenvalue weighted by Gasteiger charge is 2.49. The molecule has 25 heteroatoms. The lowest BCUT2D eigenvalue weighted by Gasteiger charge is -2.49. The highest BCUT2D eigenvalue weighted by atomic mass is 16.7. The number of ether oxygens (including phenoxy) is 8. The lowest BCUT2D eigenvalue weighted by atomic mass is 9.56. The lowest BCUT2D eigenvalue weighted by Crippen LogP contribution is -2.38. The molecule has 9 saturated carbocycles. The van der Waals surface area contributed by atoms with Crippen molar-refractivity contribution >= 4 is 71.0 Å². The fraction of sp³-hybridized carbons (Fsp3) is 0.725. The van der Waals surface area contributed by atoms with Crippen LogP contribution in [0.15, 0.2) is 60.8 Å². The van der Waals surface area contributed by atoms with E-state index in [4.69, 9.17) is 28.4 Å². The third-order valence-electron chi connectivity index (χ3n) is 19.3. The molecule has 0 aromatic carbocycles. The first-order valence-electron chi connectivity index (χ1n) is 34.3. The molecular weight excluding hydrogens is 1350 g/mol. The Morgan fingerprint density at radius 1 is 0.286 bits per heavy atom. The van der Waals surface area contributed by atoms with Gasteiger partial charge in [0.05, 0.1) is 13.2 Å². The minimum atomic E-state index is -0.576. The zero-order chi connectivity index (χ0) is 68.7. The van der Waals surface area contributed by atoms with Crippen molar-refractivity contribution in [2.45, 2.75) is 237 Å². The monoisotopic (exact) mass is 1490 g/mol. The first-order valence-corrected chi connectivity index (χ1v) is 34.3. The van der Waals surface area contributed by atoms with E-state index in [0.29, 0.717) is 19.8 Å². The Morgan fingerprint density at radius 2 is 0.514 bits per heavy atom. The molecule has 0 aromatic rings. The van der Waals surface area contributed by atoms with Gasteiger partial charge in [0.15, 0.2) is 0 Å². The minimum absolute atomic E-state index is 0. The molecule has 0 spiro atoms. The van der Waals surface area contributed by atoms with Gasteiger partial charge in [-0.3, -0.25) is 82.0 Å². The number of amides is 10. The normalized spacial score (nSPS) is 24.6. The van der Waals surface area contributed by atoms with Crippen LogP contribution in [0.2, 0.25) is 0 Å². The quantitative estimate of drug-likeness (QED) is 0.0446. The molecule has 9 fully saturated rings. The number of rotatable bonds is 21. The Balaban J connectivity index is -0.000000358. The van der Waals surface area contributed by atoms with Crippen molar-refractivity contribution < 1.29 is 95.4 Å². The number of hydrogen-bond donors (Lipinski definition) is 0. The maximum atomic E-state index is 10.9. The smallest absolute Gasteiger partial charge is 0.326 e. The summed E-state index contributed by atoms with van der Waals surface area (Å²) in [5.74, 6) is 6.69. The molecule has 0 N–H and O–H groups in total. The van der Waals surface area contributed by atoms with Gasteiger partial charge in [-0.1, -0.05) is 132 Å². The number of carbonyl (C=O) groups excluding carboxylic acids is 12. The predicted molar refractivity (Wildman–Crippen MR) is 410 cm³/mol. The fourth-order valence-electron chi connectivity index (χ4n) is 15.2. The molecule has 5 aliphatic heterocycles. The molecule has 25 nitrogen and oxygen atoms in total. The van der Waals surface area contributed by atoms with E-state index in [2.05, 4.69) is 9.47 Å². The third kappa shape index (κ3) is 34.7. The Hall–Kier alpha value is -6.90. The first kappa shape index (κ1) is 107. The minimum Gasteiger partial charge on any atom is -0.465 e. The first-order chi connectivity index (χ1) is 45.9. The van der Waals surface area contributed by atoms with Gasteiger partial charge < -0.3 is 37.9 Å². The van der Waals surface area contributed by atoms with Crippen molar-refractivity contribution in [3.63, 3.8) is 0 Å². The summed E-state index contributed by atoms with van der Waals surface area (Å²) in [6, 6.07) is 0. The van der Waals surface area contributed by atoms with Gasteiger partial charge in [0.25, 0.3) is 59.1 Å². The van der Waals surface area contributed by atoms with Gasteiger partial charge in [-0.25, -0.2) is 0 Å².